The molecule has 35 heavy (non-hydrogen) atoms. The first kappa shape index (κ1) is 24.9. The molecule has 2 amide bonds. The van der Waals surface area contributed by atoms with Gasteiger partial charge in [-0.3, -0.25) is 9.59 Å². The maximum atomic E-state index is 12.8. The van der Waals surface area contributed by atoms with Crippen LogP contribution in [0, 0.1) is 0 Å². The van der Waals surface area contributed by atoms with Crippen LogP contribution in [-0.4, -0.2) is 61.6 Å². The van der Waals surface area contributed by atoms with E-state index in [2.05, 4.69) is 36.2 Å². The summed E-state index contributed by atoms with van der Waals surface area (Å²) in [5.41, 5.74) is 1.77. The van der Waals surface area contributed by atoms with Gasteiger partial charge in [0, 0.05) is 42.5 Å². The van der Waals surface area contributed by atoms with Crippen molar-refractivity contribution in [2.24, 2.45) is 0 Å². The van der Waals surface area contributed by atoms with Crippen LogP contribution in [0.2, 0.25) is 0 Å². The minimum Gasteiger partial charge on any atom is -0.497 e. The number of likely N-dealkylation sites (tertiary alicyclic amines) is 1. The number of hydrogen-bond donors (Lipinski definition) is 1. The summed E-state index contributed by atoms with van der Waals surface area (Å²) in [6, 6.07) is 15.8. The number of methoxy groups -OCH3 is 1. The molecule has 0 radical (unpaired) electrons. The van der Waals surface area contributed by atoms with Gasteiger partial charge in [-0.2, -0.15) is 0 Å². The van der Waals surface area contributed by atoms with E-state index in [1.165, 1.54) is 5.69 Å². The number of nitrogens with one attached hydrogen (secondary N) is 1. The highest BCUT2D eigenvalue weighted by Crippen LogP contribution is 2.24. The molecule has 1 N–H and O–H groups in total. The van der Waals surface area contributed by atoms with Crippen molar-refractivity contribution in [1.29, 1.82) is 0 Å². The Bertz CT molecular complexity index is 974. The number of hydrogen-bond acceptors (Lipinski definition) is 5. The molecule has 2 unspecified atom stereocenters. The molecule has 2 saturated heterocycles. The van der Waals surface area contributed by atoms with Crippen LogP contribution >= 0.6 is 0 Å². The zero-order chi connectivity index (χ0) is 24.8. The summed E-state index contributed by atoms with van der Waals surface area (Å²) < 4.78 is 11.0. The largest absolute Gasteiger partial charge is 0.497 e. The third-order valence-corrected chi connectivity index (χ3v) is 7.23. The van der Waals surface area contributed by atoms with Crippen molar-refractivity contribution >= 4 is 17.5 Å². The lowest BCUT2D eigenvalue weighted by atomic mass is 9.97. The van der Waals surface area contributed by atoms with Crippen molar-refractivity contribution in [2.75, 3.05) is 31.7 Å². The van der Waals surface area contributed by atoms with Crippen LogP contribution < -0.4 is 19.7 Å². The summed E-state index contributed by atoms with van der Waals surface area (Å²) in [6.45, 7) is 6.01. The molecule has 2 atom stereocenters. The zero-order valence-electron chi connectivity index (χ0n) is 21.0. The third-order valence-electron chi connectivity index (χ3n) is 7.23. The van der Waals surface area contributed by atoms with E-state index < -0.39 is 0 Å². The lowest BCUT2D eigenvalue weighted by Gasteiger charge is -2.38. The lowest BCUT2D eigenvalue weighted by molar-refractivity contribution is -0.139. The van der Waals surface area contributed by atoms with Gasteiger partial charge in [-0.05, 0) is 94.5 Å². The first-order valence-electron chi connectivity index (χ1n) is 12.7. The number of benzene rings is 2. The summed E-state index contributed by atoms with van der Waals surface area (Å²) >= 11 is 0. The highest BCUT2D eigenvalue weighted by molar-refractivity contribution is 5.94. The molecule has 0 aromatic heterocycles. The molecule has 7 heteroatoms. The fourth-order valence-electron chi connectivity index (χ4n) is 5.18. The minimum atomic E-state index is -0.0773. The minimum absolute atomic E-state index is 0.0208. The first-order valence-corrected chi connectivity index (χ1v) is 12.7. The van der Waals surface area contributed by atoms with Crippen LogP contribution in [0.25, 0.3) is 0 Å². The topological polar surface area (TPSA) is 71.1 Å². The predicted octanol–water partition coefficient (Wildman–Crippen LogP) is 4.26. The Morgan fingerprint density at radius 3 is 2.09 bits per heavy atom. The molecule has 0 spiro atoms. The van der Waals surface area contributed by atoms with E-state index >= 15 is 0 Å². The monoisotopic (exact) mass is 479 g/mol. The van der Waals surface area contributed by atoms with Crippen LogP contribution in [-0.2, 0) is 4.79 Å². The molecule has 2 fully saturated rings. The molecule has 2 aliphatic rings. The Hall–Kier alpha value is -3.22. The zero-order valence-corrected chi connectivity index (χ0v) is 21.0. The quantitative estimate of drug-likeness (QED) is 0.643. The Morgan fingerprint density at radius 2 is 1.49 bits per heavy atom. The van der Waals surface area contributed by atoms with Gasteiger partial charge in [-0.25, -0.2) is 0 Å². The van der Waals surface area contributed by atoms with Gasteiger partial charge in [0.1, 0.15) is 11.5 Å². The average Bonchev–Trinajstić information content (AvgIpc) is 2.88. The van der Waals surface area contributed by atoms with Gasteiger partial charge in [0.05, 0.1) is 7.11 Å². The highest BCUT2D eigenvalue weighted by Gasteiger charge is 2.29. The Morgan fingerprint density at radius 1 is 0.886 bits per heavy atom. The third kappa shape index (κ3) is 6.27. The average molecular weight is 480 g/mol. The van der Waals surface area contributed by atoms with E-state index in [4.69, 9.17) is 9.47 Å². The standard InChI is InChI=1S/C28H37N3O4/c1-20-5-4-6-21(2)31(20)27(32)19-35-26-11-7-22(8-12-26)28(33)29-23-15-17-30(18-16-23)24-9-13-25(34-3)14-10-24/h7-14,20-21,23H,4-6,15-19H2,1-3H3,(H,29,33). The van der Waals surface area contributed by atoms with E-state index in [0.717, 1.165) is 50.9 Å². The smallest absolute Gasteiger partial charge is 0.260 e. The second kappa shape index (κ2) is 11.5. The van der Waals surface area contributed by atoms with E-state index in [-0.39, 0.29) is 36.5 Å². The second-order valence-electron chi connectivity index (χ2n) is 9.68. The molecule has 2 aromatic carbocycles. The van der Waals surface area contributed by atoms with Crippen LogP contribution in [0.1, 0.15) is 56.3 Å². The van der Waals surface area contributed by atoms with Crippen molar-refractivity contribution in [3.8, 4) is 11.5 Å². The Kier molecular flexibility index (Phi) is 8.16. The van der Waals surface area contributed by atoms with E-state index in [0.29, 0.717) is 11.3 Å². The molecule has 4 rings (SSSR count). The maximum Gasteiger partial charge on any atom is 0.260 e. The highest BCUT2D eigenvalue weighted by atomic mass is 16.5. The van der Waals surface area contributed by atoms with Gasteiger partial charge in [-0.1, -0.05) is 0 Å². The van der Waals surface area contributed by atoms with Gasteiger partial charge < -0.3 is 24.6 Å². The molecule has 188 valence electrons. The summed E-state index contributed by atoms with van der Waals surface area (Å²) in [4.78, 5) is 29.7. The van der Waals surface area contributed by atoms with Crippen LogP contribution in [0.15, 0.2) is 48.5 Å². The number of nitrogens with zero attached hydrogens (tertiary/aromatic N) is 2. The summed E-state index contributed by atoms with van der Waals surface area (Å²) in [5.74, 6) is 1.39. The molecule has 0 aliphatic carbocycles. The molecule has 0 bridgehead atoms. The van der Waals surface area contributed by atoms with Gasteiger partial charge in [0.15, 0.2) is 6.61 Å². The lowest BCUT2D eigenvalue weighted by Crippen LogP contribution is -2.49. The number of piperidine rings is 2. The number of amides is 2. The molecular formula is C28H37N3O4. The summed E-state index contributed by atoms with van der Waals surface area (Å²) in [5, 5.41) is 3.16. The predicted molar refractivity (Wildman–Crippen MR) is 137 cm³/mol. The van der Waals surface area contributed by atoms with Crippen LogP contribution in [0.5, 0.6) is 11.5 Å². The van der Waals surface area contributed by atoms with E-state index in [1.807, 2.05) is 17.0 Å². The van der Waals surface area contributed by atoms with E-state index in [9.17, 15) is 9.59 Å². The molecule has 0 saturated carbocycles. The fraction of sp³-hybridized carbons (Fsp3) is 0.500. The van der Waals surface area contributed by atoms with Crippen molar-refractivity contribution in [1.82, 2.24) is 10.2 Å². The van der Waals surface area contributed by atoms with Crippen molar-refractivity contribution in [3.05, 3.63) is 54.1 Å². The van der Waals surface area contributed by atoms with Crippen LogP contribution in [0.3, 0.4) is 0 Å². The number of ether oxygens (including phenoxy) is 2. The van der Waals surface area contributed by atoms with Gasteiger partial charge in [0.2, 0.25) is 0 Å². The van der Waals surface area contributed by atoms with Gasteiger partial charge in [0.25, 0.3) is 11.8 Å². The van der Waals surface area contributed by atoms with Crippen molar-refractivity contribution in [2.45, 2.75) is 64.1 Å². The number of rotatable bonds is 7. The Balaban J connectivity index is 1.23. The molecule has 2 aliphatic heterocycles. The maximum absolute atomic E-state index is 12.8. The summed E-state index contributed by atoms with van der Waals surface area (Å²) in [7, 11) is 1.67. The number of anilines is 1. The molecule has 2 aromatic rings. The van der Waals surface area contributed by atoms with Crippen molar-refractivity contribution in [3.63, 3.8) is 0 Å². The molecular weight excluding hydrogens is 442 g/mol. The van der Waals surface area contributed by atoms with Crippen LogP contribution in [0.4, 0.5) is 5.69 Å². The van der Waals surface area contributed by atoms with E-state index in [1.54, 1.807) is 31.4 Å². The Labute approximate surface area is 208 Å². The number of carbonyl (C=O) groups excluding carboxylic acids is 2. The van der Waals surface area contributed by atoms with Gasteiger partial charge in [-0.15, -0.1) is 0 Å². The molecule has 7 nitrogen and oxygen atoms in total. The first-order chi connectivity index (χ1) is 16.9. The second-order valence-corrected chi connectivity index (χ2v) is 9.68. The van der Waals surface area contributed by atoms with Gasteiger partial charge >= 0.3 is 0 Å². The fourth-order valence-corrected chi connectivity index (χ4v) is 5.18. The van der Waals surface area contributed by atoms with Crippen molar-refractivity contribution < 1.29 is 19.1 Å². The normalized spacial score (nSPS) is 20.9. The number of carbonyl (C=O) groups is 2. The SMILES string of the molecule is COc1ccc(N2CCC(NC(=O)c3ccc(OCC(=O)N4C(C)CCCC4C)cc3)CC2)cc1. The summed E-state index contributed by atoms with van der Waals surface area (Å²) in [6.07, 6.45) is 5.04. The molecule has 2 heterocycles.